The molecule has 88 valence electrons. The number of fused-ring (bicyclic) bond motifs is 1. The highest BCUT2D eigenvalue weighted by atomic mass is 16.3. The maximum Gasteiger partial charge on any atom is 0.0789 e. The Balaban J connectivity index is 2.03. The van der Waals surface area contributed by atoms with Crippen LogP contribution in [0.2, 0.25) is 0 Å². The van der Waals surface area contributed by atoms with Crippen molar-refractivity contribution < 1.29 is 5.11 Å². The van der Waals surface area contributed by atoms with Crippen LogP contribution in [0.15, 0.2) is 18.2 Å². The van der Waals surface area contributed by atoms with Crippen molar-refractivity contribution in [3.8, 4) is 0 Å². The number of hydrogen-bond donors (Lipinski definition) is 2. The van der Waals surface area contributed by atoms with Crippen LogP contribution in [0.1, 0.15) is 16.7 Å². The fraction of sp³-hybridized carbons (Fsp3) is 0.538. The van der Waals surface area contributed by atoms with E-state index in [2.05, 4.69) is 30.0 Å². The van der Waals surface area contributed by atoms with Gasteiger partial charge in [0.1, 0.15) is 0 Å². The molecule has 1 atom stereocenters. The lowest BCUT2D eigenvalue weighted by molar-refractivity contribution is 0.111. The van der Waals surface area contributed by atoms with Gasteiger partial charge in [-0.3, -0.25) is 4.90 Å². The minimum atomic E-state index is -0.396. The average molecular weight is 220 g/mol. The molecule has 16 heavy (non-hydrogen) atoms. The van der Waals surface area contributed by atoms with E-state index >= 15 is 0 Å². The van der Waals surface area contributed by atoms with E-state index in [9.17, 15) is 5.11 Å². The minimum Gasteiger partial charge on any atom is -0.390 e. The third-order valence-corrected chi connectivity index (χ3v) is 3.19. The van der Waals surface area contributed by atoms with Gasteiger partial charge in [-0.15, -0.1) is 0 Å². The van der Waals surface area contributed by atoms with Crippen LogP contribution >= 0.6 is 0 Å². The van der Waals surface area contributed by atoms with Gasteiger partial charge in [0.05, 0.1) is 6.10 Å². The standard InChI is InChI=1S/C13H20N2O/c1-10-2-3-12-8-15(9-13(16)7-14)5-4-11(12)6-10/h2-3,6,13,16H,4-5,7-9,14H2,1H3/t13-/m0/s1. The average Bonchev–Trinajstić information content (AvgIpc) is 2.29. The topological polar surface area (TPSA) is 49.5 Å². The van der Waals surface area contributed by atoms with E-state index in [1.165, 1.54) is 16.7 Å². The van der Waals surface area contributed by atoms with Gasteiger partial charge < -0.3 is 10.8 Å². The summed E-state index contributed by atoms with van der Waals surface area (Å²) in [5.74, 6) is 0. The van der Waals surface area contributed by atoms with Gasteiger partial charge in [0, 0.05) is 26.2 Å². The SMILES string of the molecule is Cc1ccc2c(c1)CCN(C[C@@H](O)CN)C2. The Bertz CT molecular complexity index is 365. The van der Waals surface area contributed by atoms with Gasteiger partial charge in [0.2, 0.25) is 0 Å². The van der Waals surface area contributed by atoms with Crippen LogP contribution in [0.25, 0.3) is 0 Å². The van der Waals surface area contributed by atoms with E-state index in [-0.39, 0.29) is 0 Å². The summed E-state index contributed by atoms with van der Waals surface area (Å²) in [4.78, 5) is 2.27. The van der Waals surface area contributed by atoms with Crippen LogP contribution in [0.5, 0.6) is 0 Å². The number of β-amino-alcohol motifs (C(OH)–C–C–N with tert-alkyl or cyclic N) is 1. The van der Waals surface area contributed by atoms with Gasteiger partial charge in [-0.05, 0) is 24.5 Å². The molecule has 1 aromatic rings. The van der Waals surface area contributed by atoms with Gasteiger partial charge in [-0.1, -0.05) is 23.8 Å². The number of nitrogens with zero attached hydrogens (tertiary/aromatic N) is 1. The Morgan fingerprint density at radius 2 is 2.25 bits per heavy atom. The van der Waals surface area contributed by atoms with Crippen LogP contribution in [0.3, 0.4) is 0 Å². The fourth-order valence-electron chi connectivity index (χ4n) is 2.27. The second-order valence-electron chi connectivity index (χ2n) is 4.65. The second-order valence-corrected chi connectivity index (χ2v) is 4.65. The summed E-state index contributed by atoms with van der Waals surface area (Å²) in [6.07, 6.45) is 0.681. The summed E-state index contributed by atoms with van der Waals surface area (Å²) in [7, 11) is 0. The van der Waals surface area contributed by atoms with Crippen molar-refractivity contribution in [2.24, 2.45) is 5.73 Å². The van der Waals surface area contributed by atoms with Crippen molar-refractivity contribution in [3.63, 3.8) is 0 Å². The molecular weight excluding hydrogens is 200 g/mol. The van der Waals surface area contributed by atoms with Crippen molar-refractivity contribution >= 4 is 0 Å². The van der Waals surface area contributed by atoms with Crippen LogP contribution in [0.4, 0.5) is 0 Å². The monoisotopic (exact) mass is 220 g/mol. The second kappa shape index (κ2) is 4.95. The Morgan fingerprint density at radius 3 is 3.00 bits per heavy atom. The van der Waals surface area contributed by atoms with Gasteiger partial charge in [0.15, 0.2) is 0 Å². The highest BCUT2D eigenvalue weighted by molar-refractivity contribution is 5.33. The molecule has 0 aromatic heterocycles. The summed E-state index contributed by atoms with van der Waals surface area (Å²) in [5.41, 5.74) is 9.60. The Morgan fingerprint density at radius 1 is 1.44 bits per heavy atom. The van der Waals surface area contributed by atoms with Crippen molar-refractivity contribution in [1.82, 2.24) is 4.90 Å². The third kappa shape index (κ3) is 2.61. The number of benzene rings is 1. The molecule has 1 aromatic carbocycles. The molecule has 3 nitrogen and oxygen atoms in total. The zero-order valence-corrected chi connectivity index (χ0v) is 9.82. The van der Waals surface area contributed by atoms with Crippen LogP contribution in [-0.4, -0.2) is 35.7 Å². The fourth-order valence-corrected chi connectivity index (χ4v) is 2.27. The molecule has 0 saturated carbocycles. The molecule has 3 N–H and O–H groups in total. The zero-order valence-electron chi connectivity index (χ0n) is 9.82. The first-order valence-electron chi connectivity index (χ1n) is 5.88. The van der Waals surface area contributed by atoms with Crippen LogP contribution < -0.4 is 5.73 Å². The molecule has 0 fully saturated rings. The minimum absolute atomic E-state index is 0.344. The van der Waals surface area contributed by atoms with E-state index in [1.807, 2.05) is 0 Å². The summed E-state index contributed by atoms with van der Waals surface area (Å²) in [6.45, 7) is 5.12. The van der Waals surface area contributed by atoms with Gasteiger partial charge >= 0.3 is 0 Å². The summed E-state index contributed by atoms with van der Waals surface area (Å²) >= 11 is 0. The van der Waals surface area contributed by atoms with Gasteiger partial charge in [-0.25, -0.2) is 0 Å². The van der Waals surface area contributed by atoms with E-state index < -0.39 is 6.10 Å². The summed E-state index contributed by atoms with van der Waals surface area (Å²) in [6, 6.07) is 6.62. The lowest BCUT2D eigenvalue weighted by atomic mass is 9.97. The normalized spacial score (nSPS) is 18.2. The molecule has 0 saturated heterocycles. The highest BCUT2D eigenvalue weighted by Crippen LogP contribution is 2.20. The molecule has 1 aliphatic heterocycles. The maximum absolute atomic E-state index is 9.54. The van der Waals surface area contributed by atoms with E-state index in [0.717, 1.165) is 19.5 Å². The van der Waals surface area contributed by atoms with Crippen molar-refractivity contribution in [3.05, 3.63) is 34.9 Å². The quantitative estimate of drug-likeness (QED) is 0.787. The molecule has 0 spiro atoms. The number of aliphatic hydroxyl groups excluding tert-OH is 1. The highest BCUT2D eigenvalue weighted by Gasteiger charge is 2.17. The molecule has 1 heterocycles. The Kier molecular flexibility index (Phi) is 3.59. The molecule has 0 aliphatic carbocycles. The number of nitrogens with two attached hydrogens (primary N) is 1. The molecule has 2 rings (SSSR count). The molecule has 0 radical (unpaired) electrons. The summed E-state index contributed by atoms with van der Waals surface area (Å²) in [5, 5.41) is 9.54. The van der Waals surface area contributed by atoms with E-state index in [0.29, 0.717) is 13.1 Å². The molecule has 3 heteroatoms. The van der Waals surface area contributed by atoms with Gasteiger partial charge in [0.25, 0.3) is 0 Å². The zero-order chi connectivity index (χ0) is 11.5. The number of aliphatic hydroxyl groups is 1. The number of rotatable bonds is 3. The van der Waals surface area contributed by atoms with Crippen molar-refractivity contribution in [1.29, 1.82) is 0 Å². The first-order chi connectivity index (χ1) is 7.69. The van der Waals surface area contributed by atoms with Crippen molar-refractivity contribution in [2.45, 2.75) is 26.0 Å². The first kappa shape index (κ1) is 11.6. The number of aryl methyl sites for hydroxylation is 1. The smallest absolute Gasteiger partial charge is 0.0789 e. The van der Waals surface area contributed by atoms with E-state index in [4.69, 9.17) is 5.73 Å². The van der Waals surface area contributed by atoms with Gasteiger partial charge in [-0.2, -0.15) is 0 Å². The van der Waals surface area contributed by atoms with Crippen molar-refractivity contribution in [2.75, 3.05) is 19.6 Å². The predicted octanol–water partition coefficient (Wildman–Crippen LogP) is 0.673. The van der Waals surface area contributed by atoms with E-state index in [1.54, 1.807) is 0 Å². The molecule has 0 bridgehead atoms. The summed E-state index contributed by atoms with van der Waals surface area (Å²) < 4.78 is 0. The third-order valence-electron chi connectivity index (χ3n) is 3.19. The van der Waals surface area contributed by atoms with Crippen LogP contribution in [-0.2, 0) is 13.0 Å². The van der Waals surface area contributed by atoms with Crippen LogP contribution in [0, 0.1) is 6.92 Å². The molecular formula is C13H20N2O. The Labute approximate surface area is 96.9 Å². The molecule has 0 unspecified atom stereocenters. The molecule has 1 aliphatic rings. The largest absolute Gasteiger partial charge is 0.390 e. The molecule has 0 amide bonds. The first-order valence-corrected chi connectivity index (χ1v) is 5.88. The lowest BCUT2D eigenvalue weighted by Crippen LogP contribution is -2.39. The lowest BCUT2D eigenvalue weighted by Gasteiger charge is -2.30. The Hall–Kier alpha value is -0.900. The maximum atomic E-state index is 9.54. The number of hydrogen-bond acceptors (Lipinski definition) is 3. The predicted molar refractivity (Wildman–Crippen MR) is 65.2 cm³/mol.